The fraction of sp³-hybridized carbons (Fsp3) is 0.364. The molecule has 0 aliphatic carbocycles. The maximum absolute atomic E-state index is 13.0. The van der Waals surface area contributed by atoms with Crippen molar-refractivity contribution in [2.24, 2.45) is 4.99 Å². The number of benzene rings is 2. The molecule has 0 aliphatic heterocycles. The van der Waals surface area contributed by atoms with Crippen LogP contribution in [0.15, 0.2) is 53.5 Å². The molecule has 0 fully saturated rings. The highest BCUT2D eigenvalue weighted by molar-refractivity contribution is 5.84. The van der Waals surface area contributed by atoms with E-state index < -0.39 is 0 Å². The number of aliphatic imine (C=N–C) groups is 1. The summed E-state index contributed by atoms with van der Waals surface area (Å²) in [6, 6.07) is 13.4. The number of ether oxygens (including phenoxy) is 2. The number of amides is 1. The summed E-state index contributed by atoms with van der Waals surface area (Å²) in [7, 11) is 1.61. The van der Waals surface area contributed by atoms with E-state index in [1.807, 2.05) is 38.1 Å². The van der Waals surface area contributed by atoms with Crippen molar-refractivity contribution in [2.45, 2.75) is 26.5 Å². The topological polar surface area (TPSA) is 84.0 Å². The molecule has 2 aromatic rings. The number of hydrogen-bond donors (Lipinski definition) is 3. The second-order valence-electron chi connectivity index (χ2n) is 6.58. The molecule has 8 heteroatoms. The SMILES string of the molecule is CCNC(=NCC(=O)NCc1ccc(OC)cc1)NCC(C)Oc1ccc(F)cc1. The molecule has 162 valence electrons. The predicted octanol–water partition coefficient (Wildman–Crippen LogP) is 2.47. The first-order chi connectivity index (χ1) is 14.5. The first-order valence-corrected chi connectivity index (χ1v) is 9.84. The first-order valence-electron chi connectivity index (χ1n) is 9.84. The Morgan fingerprint density at radius 1 is 1.03 bits per heavy atom. The van der Waals surface area contributed by atoms with Crippen molar-refractivity contribution in [2.75, 3.05) is 26.7 Å². The van der Waals surface area contributed by atoms with E-state index in [2.05, 4.69) is 20.9 Å². The van der Waals surface area contributed by atoms with E-state index in [1.165, 1.54) is 12.1 Å². The van der Waals surface area contributed by atoms with Crippen molar-refractivity contribution in [1.82, 2.24) is 16.0 Å². The Bertz CT molecular complexity index is 810. The van der Waals surface area contributed by atoms with Gasteiger partial charge in [0.15, 0.2) is 5.96 Å². The number of halogens is 1. The van der Waals surface area contributed by atoms with Gasteiger partial charge in [0.25, 0.3) is 0 Å². The molecule has 3 N–H and O–H groups in total. The fourth-order valence-corrected chi connectivity index (χ4v) is 2.52. The van der Waals surface area contributed by atoms with Gasteiger partial charge in [0.2, 0.25) is 5.91 Å². The van der Waals surface area contributed by atoms with Gasteiger partial charge in [-0.05, 0) is 55.8 Å². The first kappa shape index (κ1) is 23.0. The largest absolute Gasteiger partial charge is 0.497 e. The molecule has 30 heavy (non-hydrogen) atoms. The van der Waals surface area contributed by atoms with Gasteiger partial charge in [-0.1, -0.05) is 12.1 Å². The Hall–Kier alpha value is -3.29. The second kappa shape index (κ2) is 12.3. The number of methoxy groups -OCH3 is 1. The van der Waals surface area contributed by atoms with Crippen molar-refractivity contribution < 1.29 is 18.7 Å². The van der Waals surface area contributed by atoms with E-state index in [9.17, 15) is 9.18 Å². The minimum atomic E-state index is -0.306. The standard InChI is InChI=1S/C22H29FN4O3/c1-4-24-22(26-13-16(2)30-20-11-7-18(23)8-12-20)27-15-21(28)25-14-17-5-9-19(29-3)10-6-17/h5-12,16H,4,13-15H2,1-3H3,(H,25,28)(H2,24,26,27). The minimum absolute atomic E-state index is 0.00130. The summed E-state index contributed by atoms with van der Waals surface area (Å²) in [6.45, 7) is 5.38. The van der Waals surface area contributed by atoms with Gasteiger partial charge in [0, 0.05) is 13.1 Å². The highest BCUT2D eigenvalue weighted by Gasteiger charge is 2.07. The lowest BCUT2D eigenvalue weighted by molar-refractivity contribution is -0.119. The third kappa shape index (κ3) is 8.38. The Morgan fingerprint density at radius 2 is 1.70 bits per heavy atom. The molecule has 2 rings (SSSR count). The van der Waals surface area contributed by atoms with Crippen LogP contribution in [-0.4, -0.2) is 44.7 Å². The Labute approximate surface area is 176 Å². The maximum Gasteiger partial charge on any atom is 0.242 e. The molecule has 1 unspecified atom stereocenters. The molecule has 0 heterocycles. The Morgan fingerprint density at radius 3 is 2.33 bits per heavy atom. The molecule has 1 amide bonds. The van der Waals surface area contributed by atoms with E-state index in [4.69, 9.17) is 9.47 Å². The summed E-state index contributed by atoms with van der Waals surface area (Å²) < 4.78 is 23.8. The van der Waals surface area contributed by atoms with Crippen LogP contribution < -0.4 is 25.4 Å². The molecular weight excluding hydrogens is 387 g/mol. The second-order valence-corrected chi connectivity index (χ2v) is 6.58. The molecule has 0 aromatic heterocycles. The van der Waals surface area contributed by atoms with Crippen LogP contribution in [0.3, 0.4) is 0 Å². The Balaban J connectivity index is 1.77. The van der Waals surface area contributed by atoms with Gasteiger partial charge in [0.05, 0.1) is 13.7 Å². The van der Waals surface area contributed by atoms with Gasteiger partial charge >= 0.3 is 0 Å². The van der Waals surface area contributed by atoms with Gasteiger partial charge in [-0.25, -0.2) is 9.38 Å². The molecule has 0 aliphatic rings. The van der Waals surface area contributed by atoms with Crippen LogP contribution in [0.2, 0.25) is 0 Å². The van der Waals surface area contributed by atoms with E-state index >= 15 is 0 Å². The van der Waals surface area contributed by atoms with Crippen LogP contribution in [0, 0.1) is 5.82 Å². The highest BCUT2D eigenvalue weighted by Crippen LogP contribution is 2.13. The summed E-state index contributed by atoms with van der Waals surface area (Å²) in [4.78, 5) is 16.4. The summed E-state index contributed by atoms with van der Waals surface area (Å²) in [5.41, 5.74) is 0.977. The lowest BCUT2D eigenvalue weighted by Crippen LogP contribution is -2.42. The summed E-state index contributed by atoms with van der Waals surface area (Å²) >= 11 is 0. The summed E-state index contributed by atoms with van der Waals surface area (Å²) in [6.07, 6.45) is -0.178. The Kier molecular flexibility index (Phi) is 9.44. The number of guanidine groups is 1. The number of carbonyl (C=O) groups excluding carboxylic acids is 1. The van der Waals surface area contributed by atoms with Gasteiger partial charge in [-0.3, -0.25) is 4.79 Å². The van der Waals surface area contributed by atoms with Crippen molar-refractivity contribution >= 4 is 11.9 Å². The minimum Gasteiger partial charge on any atom is -0.497 e. The molecule has 0 bridgehead atoms. The number of nitrogens with zero attached hydrogens (tertiary/aromatic N) is 1. The highest BCUT2D eigenvalue weighted by atomic mass is 19.1. The van der Waals surface area contributed by atoms with Crippen molar-refractivity contribution in [3.8, 4) is 11.5 Å². The van der Waals surface area contributed by atoms with Crippen molar-refractivity contribution in [1.29, 1.82) is 0 Å². The zero-order chi connectivity index (χ0) is 21.8. The number of nitrogens with one attached hydrogen (secondary N) is 3. The van der Waals surface area contributed by atoms with Crippen LogP contribution in [0.5, 0.6) is 11.5 Å². The molecule has 0 saturated heterocycles. The number of carbonyl (C=O) groups is 1. The average molecular weight is 416 g/mol. The zero-order valence-electron chi connectivity index (χ0n) is 17.6. The van der Waals surface area contributed by atoms with E-state index in [-0.39, 0.29) is 24.4 Å². The molecular formula is C22H29FN4O3. The molecule has 2 aromatic carbocycles. The van der Waals surface area contributed by atoms with Gasteiger partial charge in [-0.15, -0.1) is 0 Å². The van der Waals surface area contributed by atoms with Gasteiger partial charge in [-0.2, -0.15) is 0 Å². The van der Waals surface area contributed by atoms with Crippen LogP contribution >= 0.6 is 0 Å². The van der Waals surface area contributed by atoms with Gasteiger partial charge < -0.3 is 25.4 Å². The van der Waals surface area contributed by atoms with Crippen LogP contribution in [0.4, 0.5) is 4.39 Å². The lowest BCUT2D eigenvalue weighted by Gasteiger charge is -2.17. The zero-order valence-corrected chi connectivity index (χ0v) is 17.6. The smallest absolute Gasteiger partial charge is 0.242 e. The van der Waals surface area contributed by atoms with Crippen LogP contribution in [-0.2, 0) is 11.3 Å². The van der Waals surface area contributed by atoms with Crippen molar-refractivity contribution in [3.63, 3.8) is 0 Å². The molecule has 1 atom stereocenters. The third-order valence-corrected chi connectivity index (χ3v) is 4.08. The maximum atomic E-state index is 13.0. The van der Waals surface area contributed by atoms with Crippen LogP contribution in [0.1, 0.15) is 19.4 Å². The van der Waals surface area contributed by atoms with E-state index in [0.717, 1.165) is 11.3 Å². The molecule has 0 saturated carbocycles. The summed E-state index contributed by atoms with van der Waals surface area (Å²) in [5, 5.41) is 9.07. The predicted molar refractivity (Wildman–Crippen MR) is 115 cm³/mol. The number of rotatable bonds is 10. The fourth-order valence-electron chi connectivity index (χ4n) is 2.52. The number of hydrogen-bond acceptors (Lipinski definition) is 4. The quantitative estimate of drug-likeness (QED) is 0.409. The van der Waals surface area contributed by atoms with E-state index in [1.54, 1.807) is 19.2 Å². The van der Waals surface area contributed by atoms with Crippen LogP contribution in [0.25, 0.3) is 0 Å². The summed E-state index contributed by atoms with van der Waals surface area (Å²) in [5.74, 6) is 1.39. The molecule has 0 radical (unpaired) electrons. The van der Waals surface area contributed by atoms with E-state index in [0.29, 0.717) is 31.3 Å². The van der Waals surface area contributed by atoms with Crippen molar-refractivity contribution in [3.05, 3.63) is 59.9 Å². The molecule has 0 spiro atoms. The average Bonchev–Trinajstić information content (AvgIpc) is 2.76. The molecule has 7 nitrogen and oxygen atoms in total. The third-order valence-electron chi connectivity index (χ3n) is 4.08. The normalized spacial score (nSPS) is 12.1. The van der Waals surface area contributed by atoms with Gasteiger partial charge in [0.1, 0.15) is 30.0 Å². The monoisotopic (exact) mass is 416 g/mol. The lowest BCUT2D eigenvalue weighted by atomic mass is 10.2.